The molecule has 0 radical (unpaired) electrons. The molecule has 0 unspecified atom stereocenters. The van der Waals surface area contributed by atoms with Gasteiger partial charge in [0.15, 0.2) is 5.82 Å². The lowest BCUT2D eigenvalue weighted by Crippen LogP contribution is -2.30. The fourth-order valence-corrected chi connectivity index (χ4v) is 1.53. The van der Waals surface area contributed by atoms with Crippen LogP contribution < -0.4 is 4.90 Å². The molecular weight excluding hydrogens is 220 g/mol. The summed E-state index contributed by atoms with van der Waals surface area (Å²) in [5.74, 6) is 0.167. The highest BCUT2D eigenvalue weighted by atomic mass is 16.5. The average Bonchev–Trinajstić information content (AvgIpc) is 2.73. The molecule has 1 aromatic rings. The van der Waals surface area contributed by atoms with E-state index < -0.39 is 0 Å². The molecule has 1 aromatic heterocycles. The fraction of sp³-hybridized carbons (Fsp3) is 0.417. The van der Waals surface area contributed by atoms with Crippen molar-refractivity contribution in [3.63, 3.8) is 0 Å². The van der Waals surface area contributed by atoms with E-state index >= 15 is 0 Å². The van der Waals surface area contributed by atoms with E-state index in [1.165, 1.54) is 6.08 Å². The Hall–Kier alpha value is -1.91. The molecular formula is C12H14N2O3. The topological polar surface area (TPSA) is 63.4 Å². The SMILES string of the molecule is CC1=CC(=O)N(c2cc(C(C)(C)C)on2)C1=O. The summed E-state index contributed by atoms with van der Waals surface area (Å²) in [6.45, 7) is 7.50. The molecule has 0 aromatic carbocycles. The van der Waals surface area contributed by atoms with Crippen molar-refractivity contribution in [1.29, 1.82) is 0 Å². The maximum Gasteiger partial charge on any atom is 0.262 e. The van der Waals surface area contributed by atoms with Crippen LogP contribution in [-0.2, 0) is 15.0 Å². The highest BCUT2D eigenvalue weighted by molar-refractivity contribution is 6.29. The van der Waals surface area contributed by atoms with Crippen LogP contribution in [0.4, 0.5) is 5.82 Å². The molecule has 0 N–H and O–H groups in total. The van der Waals surface area contributed by atoms with Gasteiger partial charge in [0, 0.05) is 23.1 Å². The van der Waals surface area contributed by atoms with Gasteiger partial charge in [-0.15, -0.1) is 0 Å². The van der Waals surface area contributed by atoms with Gasteiger partial charge in [0.1, 0.15) is 5.76 Å². The second kappa shape index (κ2) is 3.55. The molecule has 5 nitrogen and oxygen atoms in total. The minimum absolute atomic E-state index is 0.209. The predicted molar refractivity (Wildman–Crippen MR) is 61.5 cm³/mol. The van der Waals surface area contributed by atoms with Gasteiger partial charge in [-0.2, -0.15) is 0 Å². The Morgan fingerprint density at radius 1 is 1.29 bits per heavy atom. The third-order valence-electron chi connectivity index (χ3n) is 2.57. The Balaban J connectivity index is 2.34. The van der Waals surface area contributed by atoms with Crippen LogP contribution in [0, 0.1) is 0 Å². The van der Waals surface area contributed by atoms with Crippen molar-refractivity contribution in [3.05, 3.63) is 23.5 Å². The Bertz CT molecular complexity index is 520. The van der Waals surface area contributed by atoms with Gasteiger partial charge in [-0.25, -0.2) is 4.90 Å². The molecule has 2 rings (SSSR count). The van der Waals surface area contributed by atoms with Gasteiger partial charge in [0.25, 0.3) is 11.8 Å². The summed E-state index contributed by atoms with van der Waals surface area (Å²) in [6, 6.07) is 1.63. The van der Waals surface area contributed by atoms with E-state index in [4.69, 9.17) is 4.52 Å². The minimum Gasteiger partial charge on any atom is -0.359 e. The third kappa shape index (κ3) is 1.88. The van der Waals surface area contributed by atoms with Crippen LogP contribution in [0.2, 0.25) is 0 Å². The summed E-state index contributed by atoms with van der Waals surface area (Å²) in [5, 5.41) is 3.78. The van der Waals surface area contributed by atoms with Crippen molar-refractivity contribution in [2.45, 2.75) is 33.1 Å². The first-order valence-corrected chi connectivity index (χ1v) is 5.34. The van der Waals surface area contributed by atoms with Crippen LogP contribution in [-0.4, -0.2) is 17.0 Å². The zero-order valence-electron chi connectivity index (χ0n) is 10.3. The summed E-state index contributed by atoms with van der Waals surface area (Å²) in [5.41, 5.74) is 0.204. The predicted octanol–water partition coefficient (Wildman–Crippen LogP) is 1.79. The molecule has 0 fully saturated rings. The first kappa shape index (κ1) is 11.6. The van der Waals surface area contributed by atoms with Gasteiger partial charge < -0.3 is 4.52 Å². The molecule has 0 spiro atoms. The standard InChI is InChI=1S/C12H14N2O3/c1-7-5-10(15)14(11(7)16)9-6-8(17-13-9)12(2,3)4/h5-6H,1-4H3. The Morgan fingerprint density at radius 2 is 1.94 bits per heavy atom. The van der Waals surface area contributed by atoms with Crippen LogP contribution in [0.5, 0.6) is 0 Å². The van der Waals surface area contributed by atoms with E-state index in [1.54, 1.807) is 13.0 Å². The van der Waals surface area contributed by atoms with Crippen LogP contribution in [0.15, 0.2) is 22.2 Å². The molecule has 2 heterocycles. The number of carbonyl (C=O) groups is 2. The number of rotatable bonds is 1. The quantitative estimate of drug-likeness (QED) is 0.695. The Morgan fingerprint density at radius 3 is 2.35 bits per heavy atom. The fourth-order valence-electron chi connectivity index (χ4n) is 1.53. The molecule has 2 amide bonds. The van der Waals surface area contributed by atoms with Gasteiger partial charge in [-0.3, -0.25) is 9.59 Å². The van der Waals surface area contributed by atoms with E-state index in [2.05, 4.69) is 5.16 Å². The number of carbonyl (C=O) groups excluding carboxylic acids is 2. The summed E-state index contributed by atoms with van der Waals surface area (Å²) < 4.78 is 5.15. The van der Waals surface area contributed by atoms with Crippen molar-refractivity contribution in [3.8, 4) is 0 Å². The average molecular weight is 234 g/mol. The molecule has 0 saturated heterocycles. The number of amides is 2. The summed E-state index contributed by atoms with van der Waals surface area (Å²) >= 11 is 0. The highest BCUT2D eigenvalue weighted by Crippen LogP contribution is 2.28. The normalized spacial score (nSPS) is 16.7. The molecule has 0 saturated carbocycles. The van der Waals surface area contributed by atoms with Crippen LogP contribution >= 0.6 is 0 Å². The van der Waals surface area contributed by atoms with Gasteiger partial charge >= 0.3 is 0 Å². The number of nitrogens with zero attached hydrogens (tertiary/aromatic N) is 2. The molecule has 0 bridgehead atoms. The number of hydrogen-bond donors (Lipinski definition) is 0. The third-order valence-corrected chi connectivity index (χ3v) is 2.57. The second-order valence-electron chi connectivity index (χ2n) is 5.11. The van der Waals surface area contributed by atoms with E-state index in [9.17, 15) is 9.59 Å². The summed E-state index contributed by atoms with van der Waals surface area (Å²) in [6.07, 6.45) is 1.30. The van der Waals surface area contributed by atoms with Crippen LogP contribution in [0.3, 0.4) is 0 Å². The lowest BCUT2D eigenvalue weighted by atomic mass is 9.93. The number of imide groups is 1. The number of hydrogen-bond acceptors (Lipinski definition) is 4. The number of anilines is 1. The first-order valence-electron chi connectivity index (χ1n) is 5.34. The van der Waals surface area contributed by atoms with Gasteiger partial charge in [-0.1, -0.05) is 25.9 Å². The zero-order valence-corrected chi connectivity index (χ0v) is 10.3. The van der Waals surface area contributed by atoms with Crippen molar-refractivity contribution in [1.82, 2.24) is 5.16 Å². The Labute approximate surface area is 99.1 Å². The van der Waals surface area contributed by atoms with Gasteiger partial charge in [0.05, 0.1) is 0 Å². The van der Waals surface area contributed by atoms with Crippen LogP contribution in [0.25, 0.3) is 0 Å². The lowest BCUT2D eigenvalue weighted by Gasteiger charge is -2.12. The van der Waals surface area contributed by atoms with Crippen LogP contribution in [0.1, 0.15) is 33.5 Å². The minimum atomic E-state index is -0.374. The van der Waals surface area contributed by atoms with Crippen molar-refractivity contribution in [2.75, 3.05) is 4.90 Å². The molecule has 0 aliphatic carbocycles. The first-order chi connectivity index (χ1) is 7.80. The lowest BCUT2D eigenvalue weighted by molar-refractivity contribution is -0.120. The van der Waals surface area contributed by atoms with E-state index in [-0.39, 0.29) is 23.0 Å². The molecule has 0 atom stereocenters. The summed E-state index contributed by atoms with van der Waals surface area (Å²) in [7, 11) is 0. The largest absolute Gasteiger partial charge is 0.359 e. The van der Waals surface area contributed by atoms with E-state index in [0.29, 0.717) is 11.3 Å². The van der Waals surface area contributed by atoms with E-state index in [1.807, 2.05) is 20.8 Å². The molecule has 5 heteroatoms. The van der Waals surface area contributed by atoms with Crippen molar-refractivity contribution < 1.29 is 14.1 Å². The molecule has 17 heavy (non-hydrogen) atoms. The molecule has 90 valence electrons. The second-order valence-corrected chi connectivity index (χ2v) is 5.11. The smallest absolute Gasteiger partial charge is 0.262 e. The van der Waals surface area contributed by atoms with Gasteiger partial charge in [0.2, 0.25) is 0 Å². The maximum absolute atomic E-state index is 11.7. The van der Waals surface area contributed by atoms with Crippen molar-refractivity contribution in [2.24, 2.45) is 0 Å². The maximum atomic E-state index is 11.7. The summed E-state index contributed by atoms with van der Waals surface area (Å²) in [4.78, 5) is 24.4. The monoisotopic (exact) mass is 234 g/mol. The molecule has 1 aliphatic heterocycles. The zero-order chi connectivity index (χ0) is 12.8. The number of aromatic nitrogens is 1. The van der Waals surface area contributed by atoms with Crippen molar-refractivity contribution >= 4 is 17.6 Å². The van der Waals surface area contributed by atoms with Gasteiger partial charge in [-0.05, 0) is 6.92 Å². The van der Waals surface area contributed by atoms with E-state index in [0.717, 1.165) is 4.90 Å². The molecule has 1 aliphatic rings. The highest BCUT2D eigenvalue weighted by Gasteiger charge is 2.33. The Kier molecular flexibility index (Phi) is 2.41.